The summed E-state index contributed by atoms with van der Waals surface area (Å²) in [6.07, 6.45) is -5.00. The van der Waals surface area contributed by atoms with Gasteiger partial charge < -0.3 is 9.80 Å². The summed E-state index contributed by atoms with van der Waals surface area (Å²) in [4.78, 5) is 15.6. The number of benzene rings is 1. The van der Waals surface area contributed by atoms with Gasteiger partial charge in [0.15, 0.2) is 0 Å². The minimum atomic E-state index is -4.57. The minimum absolute atomic E-state index is 0.00497. The predicted octanol–water partition coefficient (Wildman–Crippen LogP) is 4.31. The highest BCUT2D eigenvalue weighted by Gasteiger charge is 2.61. The van der Waals surface area contributed by atoms with Gasteiger partial charge in [0, 0.05) is 55.2 Å². The van der Waals surface area contributed by atoms with Crippen molar-refractivity contribution in [3.63, 3.8) is 0 Å². The molecule has 1 spiro atoms. The van der Waals surface area contributed by atoms with Crippen LogP contribution in [0.5, 0.6) is 0 Å². The first-order valence-corrected chi connectivity index (χ1v) is 8.59. The van der Waals surface area contributed by atoms with Crippen LogP contribution in [0.4, 0.5) is 27.6 Å². The van der Waals surface area contributed by atoms with Crippen molar-refractivity contribution in [1.82, 2.24) is 4.90 Å². The third-order valence-corrected chi connectivity index (χ3v) is 5.67. The lowest BCUT2D eigenvalue weighted by atomic mass is 9.61. The fourth-order valence-corrected chi connectivity index (χ4v) is 4.48. The molecule has 1 saturated heterocycles. The van der Waals surface area contributed by atoms with E-state index in [4.69, 9.17) is 0 Å². The van der Waals surface area contributed by atoms with Gasteiger partial charge in [-0.3, -0.25) is 4.79 Å². The van der Waals surface area contributed by atoms with Gasteiger partial charge in [-0.2, -0.15) is 13.2 Å². The number of fused-ring (bicyclic) bond motifs is 1. The van der Waals surface area contributed by atoms with Gasteiger partial charge >= 0.3 is 6.18 Å². The summed E-state index contributed by atoms with van der Waals surface area (Å²) in [6, 6.07) is 2.34. The summed E-state index contributed by atoms with van der Waals surface area (Å²) in [5.74, 6) is -3.07. The van der Waals surface area contributed by atoms with Gasteiger partial charge in [-0.25, -0.2) is 8.78 Å². The van der Waals surface area contributed by atoms with Crippen molar-refractivity contribution in [1.29, 1.82) is 0 Å². The standard InChI is InChI=1S/C18H19F5N2O/c1-10(2)25-5-13-12(15(25)26)3-11(4-14(13)18(21,22)23)24-8-16(9-24)6-17(19,20)7-16/h3-4,10H,5-9H2,1-2H3. The third-order valence-electron chi connectivity index (χ3n) is 5.67. The number of carbonyl (C=O) groups excluding carboxylic acids is 1. The van der Waals surface area contributed by atoms with E-state index < -0.39 is 29.0 Å². The molecular formula is C18H19F5N2O. The molecule has 1 aromatic rings. The van der Waals surface area contributed by atoms with Gasteiger partial charge in [-0.1, -0.05) is 0 Å². The molecule has 1 aromatic carbocycles. The molecule has 3 aliphatic rings. The number of alkyl halides is 5. The van der Waals surface area contributed by atoms with Gasteiger partial charge in [0.2, 0.25) is 5.92 Å². The van der Waals surface area contributed by atoms with Crippen LogP contribution < -0.4 is 4.90 Å². The van der Waals surface area contributed by atoms with E-state index in [2.05, 4.69) is 0 Å². The van der Waals surface area contributed by atoms with Crippen molar-refractivity contribution < 1.29 is 26.7 Å². The van der Waals surface area contributed by atoms with Crippen LogP contribution in [0, 0.1) is 5.41 Å². The number of hydrogen-bond acceptors (Lipinski definition) is 2. The molecule has 0 N–H and O–H groups in total. The Bertz CT molecular complexity index is 771. The van der Waals surface area contributed by atoms with E-state index in [9.17, 15) is 26.7 Å². The monoisotopic (exact) mass is 374 g/mol. The first kappa shape index (κ1) is 17.5. The maximum Gasteiger partial charge on any atom is 0.416 e. The normalized spacial score (nSPS) is 23.3. The number of amides is 1. The van der Waals surface area contributed by atoms with Crippen LogP contribution in [0.25, 0.3) is 0 Å². The van der Waals surface area contributed by atoms with Gasteiger partial charge in [0.25, 0.3) is 5.91 Å². The second kappa shape index (κ2) is 5.10. The number of anilines is 1. The molecule has 142 valence electrons. The molecule has 0 radical (unpaired) electrons. The Hall–Kier alpha value is -1.86. The Morgan fingerprint density at radius 3 is 2.23 bits per heavy atom. The first-order valence-electron chi connectivity index (χ1n) is 8.59. The Kier molecular flexibility index (Phi) is 3.45. The second-order valence-electron chi connectivity index (χ2n) is 8.11. The number of halogens is 5. The number of rotatable bonds is 2. The average Bonchev–Trinajstić information content (AvgIpc) is 2.77. The van der Waals surface area contributed by atoms with Crippen LogP contribution in [-0.4, -0.2) is 35.9 Å². The fourth-order valence-electron chi connectivity index (χ4n) is 4.48. The molecule has 0 aromatic heterocycles. The Labute approximate surface area is 147 Å². The van der Waals surface area contributed by atoms with Crippen LogP contribution in [0.3, 0.4) is 0 Å². The summed E-state index contributed by atoms with van der Waals surface area (Å²) < 4.78 is 66.9. The highest BCUT2D eigenvalue weighted by molar-refractivity contribution is 6.00. The number of carbonyl (C=O) groups is 1. The molecule has 4 rings (SSSR count). The Morgan fingerprint density at radius 2 is 1.73 bits per heavy atom. The van der Waals surface area contributed by atoms with Crippen LogP contribution in [0.1, 0.15) is 48.2 Å². The number of hydrogen-bond donors (Lipinski definition) is 0. The molecule has 0 bridgehead atoms. The lowest BCUT2D eigenvalue weighted by Gasteiger charge is -2.59. The SMILES string of the molecule is CC(C)N1Cc2c(cc(N3CC4(C3)CC(F)(F)C4)cc2C(F)(F)F)C1=O. The molecular weight excluding hydrogens is 355 g/mol. The zero-order valence-corrected chi connectivity index (χ0v) is 14.5. The Morgan fingerprint density at radius 1 is 1.12 bits per heavy atom. The summed E-state index contributed by atoms with van der Waals surface area (Å²) in [6.45, 7) is 4.07. The summed E-state index contributed by atoms with van der Waals surface area (Å²) in [5, 5.41) is 0. The van der Waals surface area contributed by atoms with Gasteiger partial charge in [0.1, 0.15) is 0 Å². The molecule has 26 heavy (non-hydrogen) atoms. The van der Waals surface area contributed by atoms with E-state index in [-0.39, 0.29) is 42.2 Å². The van der Waals surface area contributed by atoms with Crippen molar-refractivity contribution in [2.45, 2.75) is 51.4 Å². The van der Waals surface area contributed by atoms with E-state index in [1.54, 1.807) is 18.7 Å². The average molecular weight is 374 g/mol. The second-order valence-corrected chi connectivity index (χ2v) is 8.11. The third kappa shape index (κ3) is 2.56. The fraction of sp³-hybridized carbons (Fsp3) is 0.611. The minimum Gasteiger partial charge on any atom is -0.370 e. The summed E-state index contributed by atoms with van der Waals surface area (Å²) >= 11 is 0. The predicted molar refractivity (Wildman–Crippen MR) is 85.3 cm³/mol. The maximum atomic E-state index is 13.5. The molecule has 0 atom stereocenters. The zero-order valence-electron chi connectivity index (χ0n) is 14.5. The zero-order chi connectivity index (χ0) is 19.1. The molecule has 2 fully saturated rings. The van der Waals surface area contributed by atoms with Crippen LogP contribution in [0.2, 0.25) is 0 Å². The molecule has 1 amide bonds. The molecule has 1 saturated carbocycles. The van der Waals surface area contributed by atoms with E-state index in [1.165, 1.54) is 11.0 Å². The van der Waals surface area contributed by atoms with Crippen molar-refractivity contribution in [3.05, 3.63) is 28.8 Å². The molecule has 1 aliphatic carbocycles. The molecule has 2 heterocycles. The summed E-state index contributed by atoms with van der Waals surface area (Å²) in [5.41, 5.74) is -0.930. The maximum absolute atomic E-state index is 13.5. The van der Waals surface area contributed by atoms with Gasteiger partial charge in [-0.05, 0) is 31.5 Å². The van der Waals surface area contributed by atoms with E-state index in [0.29, 0.717) is 13.1 Å². The van der Waals surface area contributed by atoms with Crippen LogP contribution in [-0.2, 0) is 12.7 Å². The molecule has 8 heteroatoms. The van der Waals surface area contributed by atoms with Gasteiger partial charge in [0.05, 0.1) is 5.56 Å². The smallest absolute Gasteiger partial charge is 0.370 e. The van der Waals surface area contributed by atoms with Crippen molar-refractivity contribution >= 4 is 11.6 Å². The Balaban J connectivity index is 1.66. The van der Waals surface area contributed by atoms with Crippen molar-refractivity contribution in [3.8, 4) is 0 Å². The van der Waals surface area contributed by atoms with Crippen LogP contribution in [0.15, 0.2) is 12.1 Å². The topological polar surface area (TPSA) is 23.6 Å². The summed E-state index contributed by atoms with van der Waals surface area (Å²) in [7, 11) is 0. The number of nitrogens with zero attached hydrogens (tertiary/aromatic N) is 2. The quantitative estimate of drug-likeness (QED) is 0.721. The molecule has 0 unspecified atom stereocenters. The highest BCUT2D eigenvalue weighted by atomic mass is 19.4. The molecule has 3 nitrogen and oxygen atoms in total. The van der Waals surface area contributed by atoms with Crippen LogP contribution >= 0.6 is 0 Å². The highest BCUT2D eigenvalue weighted by Crippen LogP contribution is 2.57. The van der Waals surface area contributed by atoms with Crippen molar-refractivity contribution in [2.24, 2.45) is 5.41 Å². The van der Waals surface area contributed by atoms with Gasteiger partial charge in [-0.15, -0.1) is 0 Å². The largest absolute Gasteiger partial charge is 0.416 e. The van der Waals surface area contributed by atoms with Crippen molar-refractivity contribution in [2.75, 3.05) is 18.0 Å². The van der Waals surface area contributed by atoms with E-state index in [1.807, 2.05) is 0 Å². The molecule has 2 aliphatic heterocycles. The lowest BCUT2D eigenvalue weighted by Crippen LogP contribution is -2.66. The first-order chi connectivity index (χ1) is 11.9. The lowest BCUT2D eigenvalue weighted by molar-refractivity contribution is -0.170. The van der Waals surface area contributed by atoms with E-state index in [0.717, 1.165) is 6.07 Å². The van der Waals surface area contributed by atoms with E-state index >= 15 is 0 Å².